The zero-order valence-electron chi connectivity index (χ0n) is 25.5. The van der Waals surface area contributed by atoms with Crippen molar-refractivity contribution in [1.82, 2.24) is 20.0 Å². The van der Waals surface area contributed by atoms with Crippen molar-refractivity contribution in [3.8, 4) is 0 Å². The maximum atomic E-state index is 13.1. The zero-order chi connectivity index (χ0) is 30.6. The number of esters is 1. The Bertz CT molecular complexity index is 1340. The lowest BCUT2D eigenvalue weighted by atomic mass is 10.0. The van der Waals surface area contributed by atoms with Gasteiger partial charge in [-0.2, -0.15) is 0 Å². The minimum atomic E-state index is -0.620. The van der Waals surface area contributed by atoms with E-state index in [0.29, 0.717) is 31.5 Å². The van der Waals surface area contributed by atoms with Crippen LogP contribution >= 0.6 is 0 Å². The molecule has 1 atom stereocenters. The van der Waals surface area contributed by atoms with Gasteiger partial charge in [0, 0.05) is 75.5 Å². The van der Waals surface area contributed by atoms with Crippen LogP contribution in [0.1, 0.15) is 73.5 Å². The maximum absolute atomic E-state index is 13.1. The summed E-state index contributed by atoms with van der Waals surface area (Å²) in [5, 5.41) is 5.84. The number of nitrogens with one attached hydrogen (secondary N) is 2. The van der Waals surface area contributed by atoms with Crippen LogP contribution in [0.5, 0.6) is 0 Å². The third-order valence-electron chi connectivity index (χ3n) is 8.23. The SMILES string of the molecule is CC(C)(C)OC(=O)CCCN1CCN(Cc2ccc(CNc3cccc4c3CN(C3CCC(=O)NC3=O)C4=O)cc2)CC1. The van der Waals surface area contributed by atoms with Gasteiger partial charge in [0.15, 0.2) is 0 Å². The summed E-state index contributed by atoms with van der Waals surface area (Å²) in [6.45, 7) is 12.5. The molecule has 2 N–H and O–H groups in total. The van der Waals surface area contributed by atoms with Gasteiger partial charge in [0.2, 0.25) is 11.8 Å². The molecule has 3 heterocycles. The number of fused-ring (bicyclic) bond motifs is 1. The van der Waals surface area contributed by atoms with Gasteiger partial charge in [-0.25, -0.2) is 0 Å². The molecule has 230 valence electrons. The van der Waals surface area contributed by atoms with E-state index in [1.165, 1.54) is 5.56 Å². The lowest BCUT2D eigenvalue weighted by Gasteiger charge is -2.34. The fraction of sp³-hybridized carbons (Fsp3) is 0.515. The Morgan fingerprint density at radius 2 is 1.67 bits per heavy atom. The number of rotatable bonds is 10. The van der Waals surface area contributed by atoms with E-state index in [1.54, 1.807) is 11.0 Å². The molecule has 3 aliphatic heterocycles. The number of carbonyl (C=O) groups is 4. The average Bonchev–Trinajstić information content (AvgIpc) is 3.29. The highest BCUT2D eigenvalue weighted by Gasteiger charge is 2.39. The highest BCUT2D eigenvalue weighted by molar-refractivity contribution is 6.06. The van der Waals surface area contributed by atoms with E-state index in [-0.39, 0.29) is 24.2 Å². The molecule has 0 spiro atoms. The predicted octanol–water partition coefficient (Wildman–Crippen LogP) is 3.30. The molecule has 10 heteroatoms. The fourth-order valence-electron chi connectivity index (χ4n) is 5.98. The quantitative estimate of drug-likeness (QED) is 0.321. The van der Waals surface area contributed by atoms with Crippen LogP contribution < -0.4 is 10.6 Å². The second kappa shape index (κ2) is 13.3. The van der Waals surface area contributed by atoms with Crippen molar-refractivity contribution < 1.29 is 23.9 Å². The number of carbonyl (C=O) groups excluding carboxylic acids is 4. The van der Waals surface area contributed by atoms with Gasteiger partial charge in [-0.05, 0) is 63.4 Å². The second-order valence-corrected chi connectivity index (χ2v) is 12.7. The van der Waals surface area contributed by atoms with E-state index >= 15 is 0 Å². The summed E-state index contributed by atoms with van der Waals surface area (Å²) in [7, 11) is 0. The first kappa shape index (κ1) is 30.7. The highest BCUT2D eigenvalue weighted by atomic mass is 16.6. The van der Waals surface area contributed by atoms with Crippen LogP contribution in [0.4, 0.5) is 5.69 Å². The summed E-state index contributed by atoms with van der Waals surface area (Å²) in [6, 6.07) is 13.6. The van der Waals surface area contributed by atoms with Crippen LogP contribution in [-0.2, 0) is 38.8 Å². The molecule has 0 aliphatic carbocycles. The van der Waals surface area contributed by atoms with Crippen LogP contribution in [0.15, 0.2) is 42.5 Å². The first-order valence-electron chi connectivity index (χ1n) is 15.3. The Hall–Kier alpha value is -3.76. The van der Waals surface area contributed by atoms with Gasteiger partial charge < -0.3 is 19.9 Å². The topological polar surface area (TPSA) is 111 Å². The Balaban J connectivity index is 1.06. The zero-order valence-corrected chi connectivity index (χ0v) is 25.5. The number of ether oxygens (including phenoxy) is 1. The Morgan fingerprint density at radius 3 is 2.37 bits per heavy atom. The number of piperazine rings is 1. The standard InChI is InChI=1S/C33H43N5O5/c1-33(2,3)43-30(40)8-5-15-36-16-18-37(19-17-36)21-24-11-9-23(10-12-24)20-34-27-7-4-6-25-26(27)22-38(32(25)42)28-13-14-29(39)35-31(28)41/h4,6-7,9-12,28,34H,5,8,13-22H2,1-3H3,(H,35,39,41). The smallest absolute Gasteiger partial charge is 0.306 e. The summed E-state index contributed by atoms with van der Waals surface area (Å²) in [5.74, 6) is -0.975. The molecule has 43 heavy (non-hydrogen) atoms. The lowest BCUT2D eigenvalue weighted by molar-refractivity contribution is -0.155. The number of anilines is 1. The molecular formula is C33H43N5O5. The molecule has 0 bridgehead atoms. The lowest BCUT2D eigenvalue weighted by Crippen LogP contribution is -2.52. The van der Waals surface area contributed by atoms with Crippen LogP contribution in [-0.4, -0.2) is 82.8 Å². The maximum Gasteiger partial charge on any atom is 0.306 e. The molecule has 10 nitrogen and oxygen atoms in total. The first-order valence-corrected chi connectivity index (χ1v) is 15.3. The number of benzene rings is 2. The van der Waals surface area contributed by atoms with Crippen LogP contribution in [0.3, 0.4) is 0 Å². The molecule has 2 saturated heterocycles. The van der Waals surface area contributed by atoms with Gasteiger partial charge in [0.25, 0.3) is 5.91 Å². The van der Waals surface area contributed by atoms with Crippen molar-refractivity contribution in [3.05, 3.63) is 64.7 Å². The number of nitrogens with zero attached hydrogens (tertiary/aromatic N) is 3. The summed E-state index contributed by atoms with van der Waals surface area (Å²) in [5.41, 5.74) is 4.36. The predicted molar refractivity (Wildman–Crippen MR) is 163 cm³/mol. The third kappa shape index (κ3) is 8.00. The molecule has 2 aromatic rings. The second-order valence-electron chi connectivity index (χ2n) is 12.7. The van der Waals surface area contributed by atoms with Crippen molar-refractivity contribution in [2.24, 2.45) is 0 Å². The van der Waals surface area contributed by atoms with Crippen molar-refractivity contribution in [2.75, 3.05) is 38.0 Å². The van der Waals surface area contributed by atoms with Gasteiger partial charge >= 0.3 is 5.97 Å². The summed E-state index contributed by atoms with van der Waals surface area (Å²) < 4.78 is 5.40. The van der Waals surface area contributed by atoms with Crippen LogP contribution in [0, 0.1) is 0 Å². The minimum absolute atomic E-state index is 0.121. The molecule has 3 amide bonds. The van der Waals surface area contributed by atoms with E-state index in [2.05, 4.69) is 44.7 Å². The largest absolute Gasteiger partial charge is 0.460 e. The summed E-state index contributed by atoms with van der Waals surface area (Å²) >= 11 is 0. The van der Waals surface area contributed by atoms with Gasteiger partial charge in [-0.1, -0.05) is 30.3 Å². The van der Waals surface area contributed by atoms with Gasteiger partial charge in [-0.15, -0.1) is 0 Å². The number of hydrogen-bond acceptors (Lipinski definition) is 8. The molecule has 0 saturated carbocycles. The van der Waals surface area contributed by atoms with Crippen molar-refractivity contribution in [2.45, 2.75) is 77.7 Å². The molecule has 1 unspecified atom stereocenters. The Kier molecular flexibility index (Phi) is 9.46. The third-order valence-corrected chi connectivity index (χ3v) is 8.23. The highest BCUT2D eigenvalue weighted by Crippen LogP contribution is 2.32. The van der Waals surface area contributed by atoms with E-state index in [0.717, 1.165) is 62.5 Å². The van der Waals surface area contributed by atoms with Crippen molar-refractivity contribution >= 4 is 29.4 Å². The van der Waals surface area contributed by atoms with Crippen molar-refractivity contribution in [1.29, 1.82) is 0 Å². The van der Waals surface area contributed by atoms with Gasteiger partial charge in [0.1, 0.15) is 11.6 Å². The Labute approximate surface area is 253 Å². The molecule has 0 aromatic heterocycles. The van der Waals surface area contributed by atoms with Crippen LogP contribution in [0.25, 0.3) is 0 Å². The Morgan fingerprint density at radius 1 is 0.977 bits per heavy atom. The number of imide groups is 1. The van der Waals surface area contributed by atoms with Crippen LogP contribution in [0.2, 0.25) is 0 Å². The number of hydrogen-bond donors (Lipinski definition) is 2. The minimum Gasteiger partial charge on any atom is -0.460 e. The molecule has 2 fully saturated rings. The first-order chi connectivity index (χ1) is 20.6. The normalized spacial score (nSPS) is 19.7. The number of amides is 3. The molecule has 3 aliphatic rings. The fourth-order valence-corrected chi connectivity index (χ4v) is 5.98. The summed E-state index contributed by atoms with van der Waals surface area (Å²) in [4.78, 5) is 55.5. The molecule has 2 aromatic carbocycles. The average molecular weight is 590 g/mol. The monoisotopic (exact) mass is 589 g/mol. The van der Waals surface area contributed by atoms with E-state index < -0.39 is 17.6 Å². The molecule has 5 rings (SSSR count). The van der Waals surface area contributed by atoms with E-state index in [9.17, 15) is 19.2 Å². The van der Waals surface area contributed by atoms with Gasteiger partial charge in [0.05, 0.1) is 0 Å². The van der Waals surface area contributed by atoms with E-state index in [4.69, 9.17) is 4.74 Å². The molecule has 0 radical (unpaired) electrons. The van der Waals surface area contributed by atoms with Gasteiger partial charge in [-0.3, -0.25) is 29.4 Å². The van der Waals surface area contributed by atoms with E-state index in [1.807, 2.05) is 32.9 Å². The number of piperidine rings is 1. The van der Waals surface area contributed by atoms with Crippen molar-refractivity contribution in [3.63, 3.8) is 0 Å². The molecular weight excluding hydrogens is 546 g/mol. The summed E-state index contributed by atoms with van der Waals surface area (Å²) in [6.07, 6.45) is 1.88.